The fourth-order valence-corrected chi connectivity index (χ4v) is 5.94. The summed E-state index contributed by atoms with van der Waals surface area (Å²) in [6, 6.07) is 20.3. The zero-order valence-electron chi connectivity index (χ0n) is 19.4. The van der Waals surface area contributed by atoms with Gasteiger partial charge in [-0.1, -0.05) is 81.4 Å². The zero-order valence-corrected chi connectivity index (χ0v) is 19.4. The monoisotopic (exact) mass is 450 g/mol. The summed E-state index contributed by atoms with van der Waals surface area (Å²) in [5.74, 6) is -1.87. The lowest BCUT2D eigenvalue weighted by atomic mass is 9.79. The van der Waals surface area contributed by atoms with Gasteiger partial charge in [0, 0.05) is 17.0 Å². The predicted octanol–water partition coefficient (Wildman–Crippen LogP) is 4.97. The Morgan fingerprint density at radius 2 is 1.50 bits per heavy atom. The lowest BCUT2D eigenvalue weighted by Gasteiger charge is -2.37. The van der Waals surface area contributed by atoms with Crippen LogP contribution in [0.1, 0.15) is 37.9 Å². The molecule has 0 aliphatic carbocycles. The van der Waals surface area contributed by atoms with Crippen molar-refractivity contribution in [2.45, 2.75) is 32.9 Å². The van der Waals surface area contributed by atoms with Crippen LogP contribution in [0.4, 0.5) is 5.69 Å². The highest BCUT2D eigenvalue weighted by Gasteiger charge is 2.65. The van der Waals surface area contributed by atoms with Crippen molar-refractivity contribution in [2.75, 3.05) is 4.90 Å². The van der Waals surface area contributed by atoms with E-state index in [1.807, 2.05) is 105 Å². The first kappa shape index (κ1) is 20.8. The number of fused-ring (bicyclic) bond motifs is 6. The fraction of sp³-hybridized carbons (Fsp3) is 0.276. The number of hydrogen-bond donors (Lipinski definition) is 0. The number of carbonyl (C=O) groups is 3. The second-order valence-electron chi connectivity index (χ2n) is 10.5. The second kappa shape index (κ2) is 7.13. The van der Waals surface area contributed by atoms with Crippen molar-refractivity contribution in [2.24, 2.45) is 17.3 Å². The Morgan fingerprint density at radius 3 is 2.29 bits per heavy atom. The van der Waals surface area contributed by atoms with Crippen LogP contribution in [0.3, 0.4) is 0 Å². The number of rotatable bonds is 2. The zero-order chi connectivity index (χ0) is 23.8. The quantitative estimate of drug-likeness (QED) is 0.517. The van der Waals surface area contributed by atoms with E-state index < -0.39 is 23.3 Å². The highest BCUT2D eigenvalue weighted by molar-refractivity contribution is 6.26. The summed E-state index contributed by atoms with van der Waals surface area (Å²) in [6.45, 7) is 5.63. The van der Waals surface area contributed by atoms with Crippen molar-refractivity contribution in [3.63, 3.8) is 0 Å². The summed E-state index contributed by atoms with van der Waals surface area (Å²) in [5, 5.41) is 1.82. The van der Waals surface area contributed by atoms with Crippen molar-refractivity contribution < 1.29 is 14.4 Å². The first-order valence-electron chi connectivity index (χ1n) is 11.7. The van der Waals surface area contributed by atoms with E-state index in [9.17, 15) is 14.4 Å². The normalized spacial score (nSPS) is 25.5. The number of carbonyl (C=O) groups excluding carboxylic acids is 3. The van der Waals surface area contributed by atoms with Gasteiger partial charge in [-0.15, -0.1) is 0 Å². The molecule has 4 unspecified atom stereocenters. The van der Waals surface area contributed by atoms with Crippen LogP contribution in [0, 0.1) is 17.3 Å². The van der Waals surface area contributed by atoms with Gasteiger partial charge in [0.05, 0.1) is 23.6 Å². The highest BCUT2D eigenvalue weighted by Crippen LogP contribution is 2.54. The number of Topliss-reactive ketones (excluding diaryl/α,β-unsaturated/α-hetero) is 1. The smallest absolute Gasteiger partial charge is 0.240 e. The maximum Gasteiger partial charge on any atom is 0.240 e. The SMILES string of the molecule is CC(C)(C)C(=O)C1C2C(=O)N(c3cccc4ccccc34)C(=O)C2C2c3ccccc3C=CN12. The third-order valence-electron chi connectivity index (χ3n) is 7.48. The van der Waals surface area contributed by atoms with Crippen LogP contribution >= 0.6 is 0 Å². The van der Waals surface area contributed by atoms with Crippen molar-refractivity contribution in [3.8, 4) is 0 Å². The first-order chi connectivity index (χ1) is 16.3. The van der Waals surface area contributed by atoms with E-state index in [1.165, 1.54) is 4.90 Å². The van der Waals surface area contributed by atoms with E-state index in [2.05, 4.69) is 0 Å². The topological polar surface area (TPSA) is 57.7 Å². The number of nitrogens with zero attached hydrogens (tertiary/aromatic N) is 2. The van der Waals surface area contributed by atoms with Gasteiger partial charge in [-0.25, -0.2) is 4.90 Å². The molecule has 0 radical (unpaired) electrons. The van der Waals surface area contributed by atoms with Gasteiger partial charge in [0.25, 0.3) is 0 Å². The number of amides is 2. The van der Waals surface area contributed by atoms with E-state index in [-0.39, 0.29) is 23.6 Å². The average Bonchev–Trinajstić information content (AvgIpc) is 3.30. The molecule has 6 rings (SSSR count). The maximum atomic E-state index is 14.1. The van der Waals surface area contributed by atoms with Crippen molar-refractivity contribution in [3.05, 3.63) is 84.1 Å². The minimum absolute atomic E-state index is 0.0186. The van der Waals surface area contributed by atoms with Crippen molar-refractivity contribution >= 4 is 40.1 Å². The molecule has 0 bridgehead atoms. The van der Waals surface area contributed by atoms with Gasteiger partial charge in [-0.05, 0) is 28.7 Å². The molecule has 3 heterocycles. The first-order valence-corrected chi connectivity index (χ1v) is 11.7. The van der Waals surface area contributed by atoms with Gasteiger partial charge < -0.3 is 4.90 Å². The Kier molecular flexibility index (Phi) is 4.37. The number of benzene rings is 3. The third kappa shape index (κ3) is 2.76. The molecule has 170 valence electrons. The summed E-state index contributed by atoms with van der Waals surface area (Å²) >= 11 is 0. The summed E-state index contributed by atoms with van der Waals surface area (Å²) in [7, 11) is 0. The standard InChI is InChI=1S/C29H26N2O3/c1-29(2,3)26(32)25-23-22(24-20-13-7-5-10-18(20)15-16-30(24)25)27(33)31(28(23)34)21-14-8-11-17-9-4-6-12-19(17)21/h4-16,22-25H,1-3H3. The average molecular weight is 451 g/mol. The minimum Gasteiger partial charge on any atom is -0.359 e. The number of ketones is 1. The Morgan fingerprint density at radius 1 is 0.824 bits per heavy atom. The molecule has 2 fully saturated rings. The molecule has 5 heteroatoms. The number of anilines is 1. The van der Waals surface area contributed by atoms with Crippen LogP contribution in [0.2, 0.25) is 0 Å². The second-order valence-corrected chi connectivity index (χ2v) is 10.5. The lowest BCUT2D eigenvalue weighted by molar-refractivity contribution is -0.135. The van der Waals surface area contributed by atoms with Crippen LogP contribution in [0.5, 0.6) is 0 Å². The van der Waals surface area contributed by atoms with Crippen LogP contribution < -0.4 is 4.90 Å². The highest BCUT2D eigenvalue weighted by atomic mass is 16.2. The van der Waals surface area contributed by atoms with E-state index in [1.54, 1.807) is 0 Å². The third-order valence-corrected chi connectivity index (χ3v) is 7.48. The Labute approximate surface area is 198 Å². The Hall–Kier alpha value is -3.73. The fourth-order valence-electron chi connectivity index (χ4n) is 5.94. The van der Waals surface area contributed by atoms with E-state index >= 15 is 0 Å². The van der Waals surface area contributed by atoms with E-state index in [0.717, 1.165) is 21.9 Å². The summed E-state index contributed by atoms with van der Waals surface area (Å²) in [6.07, 6.45) is 3.88. The van der Waals surface area contributed by atoms with Gasteiger partial charge in [0.2, 0.25) is 11.8 Å². The lowest BCUT2D eigenvalue weighted by Crippen LogP contribution is -2.47. The van der Waals surface area contributed by atoms with Crippen molar-refractivity contribution in [1.29, 1.82) is 0 Å². The maximum absolute atomic E-state index is 14.1. The van der Waals surface area contributed by atoms with Crippen LogP contribution in [0.25, 0.3) is 16.8 Å². The molecule has 0 saturated carbocycles. The molecule has 2 saturated heterocycles. The van der Waals surface area contributed by atoms with E-state index in [4.69, 9.17) is 0 Å². The predicted molar refractivity (Wildman–Crippen MR) is 132 cm³/mol. The van der Waals surface area contributed by atoms with Gasteiger partial charge in [0.15, 0.2) is 5.78 Å². The molecule has 34 heavy (non-hydrogen) atoms. The molecular formula is C29H26N2O3. The van der Waals surface area contributed by atoms with Gasteiger partial charge >= 0.3 is 0 Å². The van der Waals surface area contributed by atoms with Crippen molar-refractivity contribution in [1.82, 2.24) is 4.90 Å². The molecule has 0 aromatic heterocycles. The molecule has 3 aliphatic rings. The molecule has 2 amide bonds. The number of hydrogen-bond acceptors (Lipinski definition) is 4. The molecule has 5 nitrogen and oxygen atoms in total. The minimum atomic E-state index is -0.723. The van der Waals surface area contributed by atoms with Crippen LogP contribution in [-0.2, 0) is 14.4 Å². The molecule has 0 spiro atoms. The Balaban J connectivity index is 1.54. The molecule has 0 N–H and O–H groups in total. The summed E-state index contributed by atoms with van der Waals surface area (Å²) < 4.78 is 0. The van der Waals surface area contributed by atoms with Crippen LogP contribution in [-0.4, -0.2) is 28.5 Å². The largest absolute Gasteiger partial charge is 0.359 e. The Bertz CT molecular complexity index is 1390. The molecule has 3 aromatic rings. The molecular weight excluding hydrogens is 424 g/mol. The molecule has 4 atom stereocenters. The number of imide groups is 1. The van der Waals surface area contributed by atoms with Gasteiger partial charge in [-0.3, -0.25) is 14.4 Å². The van der Waals surface area contributed by atoms with E-state index in [0.29, 0.717) is 5.69 Å². The van der Waals surface area contributed by atoms with Crippen LogP contribution in [0.15, 0.2) is 72.9 Å². The molecule has 3 aromatic carbocycles. The summed E-state index contributed by atoms with van der Waals surface area (Å²) in [4.78, 5) is 45.2. The van der Waals surface area contributed by atoms with Gasteiger partial charge in [0.1, 0.15) is 6.04 Å². The summed E-state index contributed by atoms with van der Waals surface area (Å²) in [5.41, 5.74) is 1.96. The van der Waals surface area contributed by atoms with Gasteiger partial charge in [-0.2, -0.15) is 0 Å². The molecule has 3 aliphatic heterocycles.